The molecule has 0 aromatic carbocycles. The molecule has 1 fully saturated rings. The van der Waals surface area contributed by atoms with Crippen molar-refractivity contribution in [3.63, 3.8) is 0 Å². The van der Waals surface area contributed by atoms with Crippen molar-refractivity contribution in [2.45, 2.75) is 223 Å². The van der Waals surface area contributed by atoms with E-state index in [4.69, 9.17) is 0 Å². The Morgan fingerprint density at radius 1 is 0.482 bits per heavy atom. The molecule has 85 heavy (non-hydrogen) atoms. The van der Waals surface area contributed by atoms with Gasteiger partial charge in [0, 0.05) is 49.3 Å². The molecule has 23 heteroatoms. The number of allylic oxidation sites excluding steroid dienone is 2. The van der Waals surface area contributed by atoms with E-state index in [0.717, 1.165) is 9.80 Å². The van der Waals surface area contributed by atoms with Crippen molar-refractivity contribution >= 4 is 65.0 Å². The van der Waals surface area contributed by atoms with Gasteiger partial charge in [-0.05, 0) is 94.3 Å². The highest BCUT2D eigenvalue weighted by Gasteiger charge is 2.46. The van der Waals surface area contributed by atoms with Crippen molar-refractivity contribution in [2.75, 3.05) is 55.9 Å². The number of rotatable bonds is 15. The molecule has 0 aliphatic carbocycles. The predicted octanol–water partition coefficient (Wildman–Crippen LogP) is 3.27. The molecule has 1 saturated heterocycles. The number of aliphatic hydroxyl groups excluding tert-OH is 1. The van der Waals surface area contributed by atoms with Gasteiger partial charge in [-0.1, -0.05) is 116 Å². The first kappa shape index (κ1) is 76.9. The second kappa shape index (κ2) is 34.9. The van der Waals surface area contributed by atoms with Crippen molar-refractivity contribution in [3.05, 3.63) is 12.2 Å². The molecule has 1 aliphatic heterocycles. The number of carbonyl (C=O) groups is 11. The van der Waals surface area contributed by atoms with E-state index in [1.54, 1.807) is 61.5 Å². The van der Waals surface area contributed by atoms with Gasteiger partial charge in [0.05, 0.1) is 12.6 Å². The van der Waals surface area contributed by atoms with Crippen LogP contribution in [0.25, 0.3) is 0 Å². The lowest BCUT2D eigenvalue weighted by Crippen LogP contribution is -2.63. The first-order valence-corrected chi connectivity index (χ1v) is 30.6. The molecule has 0 aromatic rings. The number of hydrogen-bond acceptors (Lipinski definition) is 12. The van der Waals surface area contributed by atoms with Gasteiger partial charge in [-0.2, -0.15) is 0 Å². The topological polar surface area (TPSA) is 279 Å². The Labute approximate surface area is 508 Å². The molecule has 0 bridgehead atoms. The summed E-state index contributed by atoms with van der Waals surface area (Å²) in [5, 5.41) is 23.1. The molecule has 1 heterocycles. The van der Waals surface area contributed by atoms with E-state index in [1.165, 1.54) is 87.7 Å². The molecule has 11 amide bonds. The van der Waals surface area contributed by atoms with Crippen LogP contribution in [0.2, 0.25) is 0 Å². The van der Waals surface area contributed by atoms with Gasteiger partial charge < -0.3 is 60.7 Å². The summed E-state index contributed by atoms with van der Waals surface area (Å²) in [5.41, 5.74) is 0. The van der Waals surface area contributed by atoms with Crippen LogP contribution in [0, 0.1) is 41.4 Å². The number of nitrogens with one attached hydrogen (secondary N) is 4. The third kappa shape index (κ3) is 21.1. The normalized spacial score (nSPS) is 27.2. The average Bonchev–Trinajstić information content (AvgIpc) is 2.79. The lowest BCUT2D eigenvalue weighted by molar-refractivity contribution is -0.158. The Bertz CT molecular complexity index is 2330. The summed E-state index contributed by atoms with van der Waals surface area (Å²) in [6, 6.07) is -12.3. The minimum Gasteiger partial charge on any atom is -0.390 e. The molecule has 0 spiro atoms. The smallest absolute Gasteiger partial charge is 0.246 e. The number of likely N-dealkylation sites (N-methyl/N-ethyl adjacent to an activating group) is 7. The van der Waals surface area contributed by atoms with Crippen LogP contribution in [0.1, 0.15) is 156 Å². The Kier molecular flexibility index (Phi) is 31.5. The molecule has 1 rings (SSSR count). The summed E-state index contributed by atoms with van der Waals surface area (Å²) in [6.07, 6.45) is 3.31. The van der Waals surface area contributed by atoms with Gasteiger partial charge >= 0.3 is 0 Å². The Morgan fingerprint density at radius 2 is 0.929 bits per heavy atom. The molecular weight excluding hydrogens is 1090 g/mol. The van der Waals surface area contributed by atoms with E-state index >= 15 is 14.4 Å². The van der Waals surface area contributed by atoms with Crippen molar-refractivity contribution in [1.82, 2.24) is 55.6 Å². The second-order valence-corrected chi connectivity index (χ2v) is 25.8. The second-order valence-electron chi connectivity index (χ2n) is 25.8. The SMILES string of the molecule is C/C=C/C[C@@H](C)[C@@H](O)[C@H]1C(=O)N[C@@H](CC)C(=O)N(C)CC(=O)N(C)[C@@H](CC(C)C)C(=O)N[C@@H](C(C)C)C(=O)N(C)[C@@H](CC(C)C)C(=O)N[C@@H](C)C(=O)N[C@H](C)C(=O)N(C)[C@@H]([C@@H](C)CC)C(=O)N(C)[C@@H](CC(C)C)C(=O)N(C)[C@@H](C(C)C)C(=O)N1C. The van der Waals surface area contributed by atoms with Crippen LogP contribution in [0.4, 0.5) is 0 Å². The number of carbonyl (C=O) groups excluding carboxylic acids is 11. The quantitative estimate of drug-likeness (QED) is 0.148. The van der Waals surface area contributed by atoms with Gasteiger partial charge in [0.2, 0.25) is 65.0 Å². The molecule has 23 nitrogen and oxygen atoms in total. The highest BCUT2D eigenvalue weighted by atomic mass is 16.3. The maximum Gasteiger partial charge on any atom is 0.246 e. The minimum absolute atomic E-state index is 0.0227. The van der Waals surface area contributed by atoms with Crippen molar-refractivity contribution in [3.8, 4) is 0 Å². The van der Waals surface area contributed by atoms with E-state index < -0.39 is 162 Å². The van der Waals surface area contributed by atoms with Crippen molar-refractivity contribution in [2.24, 2.45) is 41.4 Å². The first-order chi connectivity index (χ1) is 39.3. The van der Waals surface area contributed by atoms with Crippen LogP contribution in [-0.2, 0) is 52.7 Å². The maximum atomic E-state index is 15.1. The van der Waals surface area contributed by atoms with Gasteiger partial charge in [-0.25, -0.2) is 0 Å². The van der Waals surface area contributed by atoms with Gasteiger partial charge in [-0.3, -0.25) is 52.7 Å². The zero-order chi connectivity index (χ0) is 66.0. The summed E-state index contributed by atoms with van der Waals surface area (Å²) < 4.78 is 0. The first-order valence-electron chi connectivity index (χ1n) is 30.6. The van der Waals surface area contributed by atoms with E-state index in [1.807, 2.05) is 54.5 Å². The summed E-state index contributed by atoms with van der Waals surface area (Å²) in [5.74, 6) is -10.0. The fourth-order valence-electron chi connectivity index (χ4n) is 10.8. The highest BCUT2D eigenvalue weighted by Crippen LogP contribution is 2.26. The number of aliphatic hydroxyl groups is 1. The minimum atomic E-state index is -1.61. The van der Waals surface area contributed by atoms with Crippen LogP contribution in [0.15, 0.2) is 12.2 Å². The molecule has 0 aromatic heterocycles. The van der Waals surface area contributed by atoms with Gasteiger partial charge in [0.25, 0.3) is 0 Å². The summed E-state index contributed by atoms with van der Waals surface area (Å²) in [4.78, 5) is 169. The van der Waals surface area contributed by atoms with E-state index in [9.17, 15) is 43.5 Å². The molecule has 13 atom stereocenters. The van der Waals surface area contributed by atoms with E-state index in [-0.39, 0.29) is 43.4 Å². The van der Waals surface area contributed by atoms with Gasteiger partial charge in [0.1, 0.15) is 60.4 Å². The Morgan fingerprint density at radius 3 is 1.40 bits per heavy atom. The van der Waals surface area contributed by atoms with Gasteiger partial charge in [-0.15, -0.1) is 0 Å². The molecule has 0 radical (unpaired) electrons. The third-order valence-electron chi connectivity index (χ3n) is 16.5. The summed E-state index contributed by atoms with van der Waals surface area (Å²) in [6.45, 7) is 29.2. The summed E-state index contributed by atoms with van der Waals surface area (Å²) in [7, 11) is 9.92. The zero-order valence-electron chi connectivity index (χ0n) is 56.1. The summed E-state index contributed by atoms with van der Waals surface area (Å²) >= 11 is 0. The lowest BCUT2D eigenvalue weighted by Gasteiger charge is -2.42. The molecule has 486 valence electrons. The van der Waals surface area contributed by atoms with Crippen LogP contribution in [0.5, 0.6) is 0 Å². The fourth-order valence-corrected chi connectivity index (χ4v) is 10.8. The maximum absolute atomic E-state index is 15.1. The van der Waals surface area contributed by atoms with Crippen molar-refractivity contribution in [1.29, 1.82) is 0 Å². The highest BCUT2D eigenvalue weighted by molar-refractivity contribution is 5.99. The van der Waals surface area contributed by atoms with Gasteiger partial charge in [0.15, 0.2) is 0 Å². The standard InChI is InChI=1S/C62H111N11O12/c1-25-28-29-40(15)52(75)51-56(79)65-43(27-3)58(81)67(18)33-47(74)68(19)44(30-34(4)5)55(78)66-48(37(10)11)60(83)69(20)45(31-35(6)7)54(77)63-41(16)53(76)64-42(17)57(80)72(23)50(39(14)26-2)62(85)70(21)46(32-36(8)9)59(82)71(22)49(38(12)13)61(84)73(51)24/h25,28,34-46,48-52,75H,26-27,29-33H2,1-24H3,(H,63,77)(H,64,76)(H,65,79)(H,66,78)/b28-25+/t39-,40+,41-,42+,43-,44-,45-,46-,48-,49-,50-,51-,52+/m0/s1. The van der Waals surface area contributed by atoms with Crippen LogP contribution >= 0.6 is 0 Å². The third-order valence-corrected chi connectivity index (χ3v) is 16.5. The fraction of sp³-hybridized carbons (Fsp3) is 0.790. The molecule has 0 unspecified atom stereocenters. The van der Waals surface area contributed by atoms with E-state index in [2.05, 4.69) is 21.3 Å². The van der Waals surface area contributed by atoms with Crippen molar-refractivity contribution < 1.29 is 57.8 Å². The zero-order valence-corrected chi connectivity index (χ0v) is 56.1. The number of hydrogen-bond donors (Lipinski definition) is 5. The molecular formula is C62H111N11O12. The predicted molar refractivity (Wildman–Crippen MR) is 328 cm³/mol. The number of amides is 11. The monoisotopic (exact) mass is 1200 g/mol. The van der Waals surface area contributed by atoms with Crippen LogP contribution in [-0.4, -0.2) is 227 Å². The van der Waals surface area contributed by atoms with Crippen LogP contribution < -0.4 is 21.3 Å². The lowest BCUT2D eigenvalue weighted by atomic mass is 9.91. The molecule has 1 aliphatic rings. The Balaban J connectivity index is 4.33. The molecule has 0 saturated carbocycles. The van der Waals surface area contributed by atoms with Crippen LogP contribution in [0.3, 0.4) is 0 Å². The van der Waals surface area contributed by atoms with E-state index in [0.29, 0.717) is 12.8 Å². The average molecular weight is 1200 g/mol. The Hall–Kier alpha value is -6.13. The molecule has 5 N–H and O–H groups in total. The number of nitrogens with zero attached hydrogens (tertiary/aromatic N) is 7. The largest absolute Gasteiger partial charge is 0.390 e.